The van der Waals surface area contributed by atoms with Gasteiger partial charge in [-0.25, -0.2) is 4.79 Å². The Kier molecular flexibility index (Phi) is 11.2. The molecule has 0 aromatic carbocycles. The van der Waals surface area contributed by atoms with E-state index in [4.69, 9.17) is 9.47 Å². The lowest BCUT2D eigenvalue weighted by atomic mass is 9.93. The molecule has 0 heterocycles. The average molecular weight is 359 g/mol. The number of carbonyl (C=O) groups excluding carboxylic acids is 1. The van der Waals surface area contributed by atoms with Gasteiger partial charge >= 0.3 is 6.09 Å². The molecule has 148 valence electrons. The normalized spacial score (nSPS) is 12.7. The number of ether oxygens (including phenoxy) is 2. The molecule has 0 aromatic rings. The molecule has 0 bridgehead atoms. The van der Waals surface area contributed by atoms with Crippen LogP contribution < -0.4 is 16.0 Å². The van der Waals surface area contributed by atoms with E-state index in [1.54, 1.807) is 0 Å². The van der Waals surface area contributed by atoms with Crippen molar-refractivity contribution in [2.75, 3.05) is 32.8 Å². The monoisotopic (exact) mass is 358 g/mol. The van der Waals surface area contributed by atoms with Crippen LogP contribution in [0.15, 0.2) is 4.99 Å². The highest BCUT2D eigenvalue weighted by Gasteiger charge is 2.30. The van der Waals surface area contributed by atoms with Crippen LogP contribution in [-0.4, -0.2) is 56.0 Å². The maximum Gasteiger partial charge on any atom is 0.408 e. The minimum atomic E-state index is -0.518. The third-order valence-corrected chi connectivity index (χ3v) is 3.75. The molecule has 0 aliphatic carbocycles. The maximum absolute atomic E-state index is 12.2. The molecule has 0 aliphatic heterocycles. The number of alkyl carbamates (subject to hydrolysis) is 1. The molecule has 0 fully saturated rings. The summed E-state index contributed by atoms with van der Waals surface area (Å²) in [7, 11) is 0. The largest absolute Gasteiger partial charge is 0.444 e. The summed E-state index contributed by atoms with van der Waals surface area (Å²) in [6, 6.07) is 0. The Bertz CT molecular complexity index is 402. The smallest absolute Gasteiger partial charge is 0.408 e. The Balaban J connectivity index is 4.89. The van der Waals surface area contributed by atoms with Crippen molar-refractivity contribution < 1.29 is 14.3 Å². The van der Waals surface area contributed by atoms with Gasteiger partial charge in [0.05, 0.1) is 18.7 Å². The van der Waals surface area contributed by atoms with E-state index >= 15 is 0 Å². The fourth-order valence-electron chi connectivity index (χ4n) is 2.17. The predicted molar refractivity (Wildman–Crippen MR) is 103 cm³/mol. The van der Waals surface area contributed by atoms with Gasteiger partial charge in [0.15, 0.2) is 5.96 Å². The number of hydrogen-bond donors (Lipinski definition) is 3. The fourth-order valence-corrected chi connectivity index (χ4v) is 2.17. The summed E-state index contributed by atoms with van der Waals surface area (Å²) in [4.78, 5) is 16.8. The van der Waals surface area contributed by atoms with Crippen molar-refractivity contribution in [2.24, 2.45) is 4.99 Å². The molecule has 0 radical (unpaired) electrons. The van der Waals surface area contributed by atoms with Crippen LogP contribution in [-0.2, 0) is 9.47 Å². The van der Waals surface area contributed by atoms with Gasteiger partial charge in [-0.2, -0.15) is 0 Å². The van der Waals surface area contributed by atoms with Crippen LogP contribution in [0.2, 0.25) is 0 Å². The first-order chi connectivity index (χ1) is 11.7. The van der Waals surface area contributed by atoms with Crippen LogP contribution in [0.1, 0.15) is 61.3 Å². The zero-order valence-corrected chi connectivity index (χ0v) is 17.1. The second-order valence-electron chi connectivity index (χ2n) is 6.93. The third-order valence-electron chi connectivity index (χ3n) is 3.75. The van der Waals surface area contributed by atoms with Gasteiger partial charge in [-0.3, -0.25) is 4.99 Å². The van der Waals surface area contributed by atoms with E-state index in [1.807, 2.05) is 48.5 Å². The lowest BCUT2D eigenvalue weighted by molar-refractivity contribution is 0.0452. The maximum atomic E-state index is 12.2. The van der Waals surface area contributed by atoms with Gasteiger partial charge < -0.3 is 25.4 Å². The Morgan fingerprint density at radius 1 is 1.04 bits per heavy atom. The van der Waals surface area contributed by atoms with Crippen molar-refractivity contribution in [3.05, 3.63) is 0 Å². The van der Waals surface area contributed by atoms with Crippen molar-refractivity contribution in [1.82, 2.24) is 16.0 Å². The second-order valence-corrected chi connectivity index (χ2v) is 6.93. The van der Waals surface area contributed by atoms with Gasteiger partial charge in [-0.15, -0.1) is 0 Å². The molecule has 0 aromatic heterocycles. The first kappa shape index (κ1) is 23.5. The highest BCUT2D eigenvalue weighted by atomic mass is 16.6. The van der Waals surface area contributed by atoms with Crippen molar-refractivity contribution in [2.45, 2.75) is 72.4 Å². The summed E-state index contributed by atoms with van der Waals surface area (Å²) in [6.07, 6.45) is 1.13. The van der Waals surface area contributed by atoms with Gasteiger partial charge in [0.1, 0.15) is 5.60 Å². The van der Waals surface area contributed by atoms with Crippen LogP contribution >= 0.6 is 0 Å². The molecule has 1 amide bonds. The van der Waals surface area contributed by atoms with Gasteiger partial charge in [0.2, 0.25) is 0 Å². The minimum absolute atomic E-state index is 0.402. The average Bonchev–Trinajstić information content (AvgIpc) is 2.53. The zero-order valence-electron chi connectivity index (χ0n) is 17.1. The summed E-state index contributed by atoms with van der Waals surface area (Å²) in [6.45, 7) is 16.9. The summed E-state index contributed by atoms with van der Waals surface area (Å²) in [5, 5.41) is 9.46. The summed E-state index contributed by atoms with van der Waals surface area (Å²) < 4.78 is 10.7. The molecule has 3 N–H and O–H groups in total. The van der Waals surface area contributed by atoms with Gasteiger partial charge in [0, 0.05) is 19.7 Å². The van der Waals surface area contributed by atoms with Crippen LogP contribution in [0.3, 0.4) is 0 Å². The Labute approximate surface area is 153 Å². The molecule has 25 heavy (non-hydrogen) atoms. The van der Waals surface area contributed by atoms with E-state index in [0.29, 0.717) is 26.3 Å². The number of nitrogens with one attached hydrogen (secondary N) is 3. The van der Waals surface area contributed by atoms with Crippen molar-refractivity contribution in [3.8, 4) is 0 Å². The van der Waals surface area contributed by atoms with E-state index in [-0.39, 0.29) is 0 Å². The molecule has 0 atom stereocenters. The van der Waals surface area contributed by atoms with E-state index in [9.17, 15) is 4.79 Å². The molecule has 7 nitrogen and oxygen atoms in total. The van der Waals surface area contributed by atoms with E-state index in [0.717, 1.165) is 25.3 Å². The van der Waals surface area contributed by atoms with Gasteiger partial charge in [-0.1, -0.05) is 13.8 Å². The highest BCUT2D eigenvalue weighted by molar-refractivity contribution is 5.79. The van der Waals surface area contributed by atoms with Crippen molar-refractivity contribution >= 4 is 12.1 Å². The quantitative estimate of drug-likeness (QED) is 0.318. The molecule has 0 saturated heterocycles. The summed E-state index contributed by atoms with van der Waals surface area (Å²) in [5.41, 5.74) is -0.944. The minimum Gasteiger partial charge on any atom is -0.444 e. The number of guanidine groups is 1. The van der Waals surface area contributed by atoms with Gasteiger partial charge in [0.25, 0.3) is 0 Å². The Morgan fingerprint density at radius 2 is 1.68 bits per heavy atom. The first-order valence-electron chi connectivity index (χ1n) is 9.33. The zero-order chi connectivity index (χ0) is 19.3. The molecule has 0 saturated carbocycles. The van der Waals surface area contributed by atoms with Crippen LogP contribution in [0.4, 0.5) is 4.79 Å². The molecule has 7 heteroatoms. The Morgan fingerprint density at radius 3 is 2.16 bits per heavy atom. The standard InChI is InChI=1S/C18H38N4O3/c1-8-18(9-2,22-16(23)25-17(5,6)7)14-21-15(19-10-3)20-12-13-24-11-4/h8-14H2,1-7H3,(H,22,23)(H2,19,20,21). The fraction of sp³-hybridized carbons (Fsp3) is 0.889. The molecule has 0 spiro atoms. The SMILES string of the molecule is CCNC(=NCC(CC)(CC)NC(=O)OC(C)(C)C)NCCOCC. The van der Waals surface area contributed by atoms with Crippen LogP contribution in [0.25, 0.3) is 0 Å². The van der Waals surface area contributed by atoms with Crippen LogP contribution in [0.5, 0.6) is 0 Å². The number of carbonyl (C=O) groups is 1. The van der Waals surface area contributed by atoms with E-state index < -0.39 is 17.2 Å². The lowest BCUT2D eigenvalue weighted by Gasteiger charge is -2.32. The first-order valence-corrected chi connectivity index (χ1v) is 9.33. The third kappa shape index (κ3) is 10.9. The number of rotatable bonds is 10. The number of amides is 1. The highest BCUT2D eigenvalue weighted by Crippen LogP contribution is 2.17. The van der Waals surface area contributed by atoms with Crippen molar-refractivity contribution in [1.29, 1.82) is 0 Å². The van der Waals surface area contributed by atoms with Gasteiger partial charge in [-0.05, 0) is 47.5 Å². The molecule has 0 rings (SSSR count). The topological polar surface area (TPSA) is 84.0 Å². The number of aliphatic imine (C=N–C) groups is 1. The molecular weight excluding hydrogens is 320 g/mol. The molecular formula is C18H38N4O3. The second kappa shape index (κ2) is 12.0. The predicted octanol–water partition coefficient (Wildman–Crippen LogP) is 2.66. The summed E-state index contributed by atoms with van der Waals surface area (Å²) >= 11 is 0. The Hall–Kier alpha value is -1.50. The number of nitrogens with zero attached hydrogens (tertiary/aromatic N) is 1. The van der Waals surface area contributed by atoms with E-state index in [2.05, 4.69) is 20.9 Å². The van der Waals surface area contributed by atoms with Crippen LogP contribution in [0, 0.1) is 0 Å². The lowest BCUT2D eigenvalue weighted by Crippen LogP contribution is -2.52. The van der Waals surface area contributed by atoms with Crippen molar-refractivity contribution in [3.63, 3.8) is 0 Å². The molecule has 0 unspecified atom stereocenters. The van der Waals surface area contributed by atoms with E-state index in [1.165, 1.54) is 0 Å². The summed E-state index contributed by atoms with van der Waals surface area (Å²) in [5.74, 6) is 0.722. The molecule has 0 aliphatic rings. The number of hydrogen-bond acceptors (Lipinski definition) is 4.